The summed E-state index contributed by atoms with van der Waals surface area (Å²) in [5, 5.41) is 2.88. The van der Waals surface area contributed by atoms with Crippen molar-refractivity contribution in [3.63, 3.8) is 0 Å². The van der Waals surface area contributed by atoms with Gasteiger partial charge < -0.3 is 20.7 Å². The topological polar surface area (TPSA) is 67.6 Å². The number of ether oxygens (including phenoxy) is 1. The van der Waals surface area contributed by atoms with E-state index < -0.39 is 0 Å². The lowest BCUT2D eigenvalue weighted by Gasteiger charge is -2.58. The van der Waals surface area contributed by atoms with Gasteiger partial charge in [-0.25, -0.2) is 0 Å². The van der Waals surface area contributed by atoms with Crippen LogP contribution in [0, 0.1) is 23.2 Å². The van der Waals surface area contributed by atoms with Gasteiger partial charge in [-0.1, -0.05) is 12.1 Å². The van der Waals surface area contributed by atoms with E-state index in [9.17, 15) is 4.79 Å². The zero-order chi connectivity index (χ0) is 23.1. The maximum absolute atomic E-state index is 12.6. The molecule has 3 N–H and O–H groups in total. The van der Waals surface area contributed by atoms with Crippen LogP contribution in [0.3, 0.4) is 0 Å². The minimum absolute atomic E-state index is 0. The maximum Gasteiger partial charge on any atom is 0.255 e. The molecule has 1 amide bonds. The van der Waals surface area contributed by atoms with Crippen LogP contribution < -0.4 is 15.8 Å². The van der Waals surface area contributed by atoms with Crippen molar-refractivity contribution < 1.29 is 9.53 Å². The van der Waals surface area contributed by atoms with Gasteiger partial charge in [0.25, 0.3) is 5.91 Å². The summed E-state index contributed by atoms with van der Waals surface area (Å²) in [5.74, 6) is 3.77. The van der Waals surface area contributed by atoms with E-state index in [1.165, 1.54) is 45.1 Å². The van der Waals surface area contributed by atoms with Gasteiger partial charge in [-0.2, -0.15) is 0 Å². The van der Waals surface area contributed by atoms with Crippen molar-refractivity contribution in [2.24, 2.45) is 23.2 Å². The molecule has 7 heteroatoms. The highest BCUT2D eigenvalue weighted by atomic mass is 35.5. The van der Waals surface area contributed by atoms with Gasteiger partial charge in [-0.15, -0.1) is 24.8 Å². The van der Waals surface area contributed by atoms with Gasteiger partial charge in [0, 0.05) is 25.2 Å². The molecule has 0 atom stereocenters. The van der Waals surface area contributed by atoms with Crippen molar-refractivity contribution in [3.8, 4) is 5.75 Å². The van der Waals surface area contributed by atoms with Crippen molar-refractivity contribution in [1.82, 2.24) is 4.90 Å². The van der Waals surface area contributed by atoms with Gasteiger partial charge >= 0.3 is 0 Å². The molecular weight excluding hydrogens is 493 g/mol. The van der Waals surface area contributed by atoms with Crippen molar-refractivity contribution >= 4 is 42.1 Å². The number of rotatable bonds is 6. The summed E-state index contributed by atoms with van der Waals surface area (Å²) in [6.45, 7) is 3.61. The molecule has 7 rings (SSSR count). The predicted octanol–water partition coefficient (Wildman–Crippen LogP) is 6.42. The fraction of sp³-hybridized carbons (Fsp3) is 0.552. The number of benzene rings is 2. The highest BCUT2D eigenvalue weighted by Crippen LogP contribution is 2.60. The molecule has 2 aromatic carbocycles. The Balaban J connectivity index is 0.00000152. The van der Waals surface area contributed by atoms with Gasteiger partial charge in [-0.05, 0) is 111 Å². The third-order valence-electron chi connectivity index (χ3n) is 8.89. The van der Waals surface area contributed by atoms with E-state index in [1.54, 1.807) is 12.1 Å². The largest absolute Gasteiger partial charge is 0.490 e. The van der Waals surface area contributed by atoms with Gasteiger partial charge in [0.15, 0.2) is 0 Å². The van der Waals surface area contributed by atoms with Gasteiger partial charge in [-0.3, -0.25) is 4.79 Å². The molecule has 196 valence electrons. The zero-order valence-electron chi connectivity index (χ0n) is 20.9. The van der Waals surface area contributed by atoms with E-state index in [2.05, 4.69) is 10.2 Å². The highest BCUT2D eigenvalue weighted by Gasteiger charge is 2.51. The lowest BCUT2D eigenvalue weighted by molar-refractivity contribution is -0.0740. The van der Waals surface area contributed by atoms with Crippen LogP contribution in [0.4, 0.5) is 11.4 Å². The number of hydrogen-bond acceptors (Lipinski definition) is 4. The van der Waals surface area contributed by atoms with Crippen molar-refractivity contribution in [2.75, 3.05) is 30.7 Å². The Morgan fingerprint density at radius 1 is 0.917 bits per heavy atom. The number of anilines is 2. The van der Waals surface area contributed by atoms with E-state index in [1.807, 2.05) is 36.4 Å². The predicted molar refractivity (Wildman–Crippen MR) is 150 cm³/mol. The van der Waals surface area contributed by atoms with Crippen molar-refractivity contribution in [2.45, 2.75) is 57.5 Å². The van der Waals surface area contributed by atoms with Gasteiger partial charge in [0.2, 0.25) is 0 Å². The number of carbonyl (C=O) groups is 1. The fourth-order valence-corrected chi connectivity index (χ4v) is 7.83. The van der Waals surface area contributed by atoms with E-state index in [0.717, 1.165) is 49.4 Å². The minimum atomic E-state index is -0.164. The molecule has 5 nitrogen and oxygen atoms in total. The molecule has 36 heavy (non-hydrogen) atoms. The van der Waals surface area contributed by atoms with Gasteiger partial charge in [0.05, 0.1) is 11.4 Å². The lowest BCUT2D eigenvalue weighted by atomic mass is 9.49. The molecule has 0 spiro atoms. The van der Waals surface area contributed by atoms with Crippen LogP contribution in [-0.2, 0) is 0 Å². The highest BCUT2D eigenvalue weighted by molar-refractivity contribution is 6.05. The molecule has 5 fully saturated rings. The summed E-state index contributed by atoms with van der Waals surface area (Å²) in [7, 11) is 0. The Morgan fingerprint density at radius 2 is 1.50 bits per heavy atom. The summed E-state index contributed by atoms with van der Waals surface area (Å²) in [6.07, 6.45) is 11.5. The Hall–Kier alpha value is -1.95. The number of likely N-dealkylation sites (tertiary alicyclic amines) is 1. The van der Waals surface area contributed by atoms with Crippen LogP contribution in [-0.4, -0.2) is 36.5 Å². The first kappa shape index (κ1) is 27.1. The first-order valence-corrected chi connectivity index (χ1v) is 13.2. The summed E-state index contributed by atoms with van der Waals surface area (Å²) in [6, 6.07) is 14.8. The number of nitrogens with two attached hydrogens (primary N) is 1. The van der Waals surface area contributed by atoms with Crippen LogP contribution in [0.15, 0.2) is 48.5 Å². The number of nitrogens with one attached hydrogen (secondary N) is 1. The zero-order valence-corrected chi connectivity index (χ0v) is 22.5. The maximum atomic E-state index is 12.6. The van der Waals surface area contributed by atoms with Crippen molar-refractivity contribution in [1.29, 1.82) is 0 Å². The molecule has 5 aliphatic rings. The number of nitrogens with zero attached hydrogens (tertiary/aromatic N) is 1. The standard InChI is InChI=1S/C29H37N3O2.2ClH/c30-26-3-1-2-4-27(26)31-28(33)23-5-7-24(8-6-23)34-25-9-11-32(12-10-25)19-29-16-20-13-21(17-29)15-22(14-20)18-29;;/h1-8,20-22,25H,9-19,30H2,(H,31,33);2*1H. The van der Waals surface area contributed by atoms with E-state index in [0.29, 0.717) is 22.4 Å². The third kappa shape index (κ3) is 5.79. The minimum Gasteiger partial charge on any atom is -0.490 e. The molecule has 4 saturated carbocycles. The van der Waals surface area contributed by atoms with Crippen LogP contribution >= 0.6 is 24.8 Å². The molecule has 0 radical (unpaired) electrons. The number of nitrogen functional groups attached to an aromatic ring is 1. The van der Waals surface area contributed by atoms with Gasteiger partial charge in [0.1, 0.15) is 11.9 Å². The summed E-state index contributed by atoms with van der Waals surface area (Å²) < 4.78 is 6.29. The number of amides is 1. The quantitative estimate of drug-likeness (QED) is 0.421. The number of hydrogen-bond donors (Lipinski definition) is 2. The van der Waals surface area contributed by atoms with E-state index >= 15 is 0 Å². The molecule has 4 bridgehead atoms. The molecule has 4 aliphatic carbocycles. The normalized spacial score (nSPS) is 29.2. The molecular formula is C29H39Cl2N3O2. The smallest absolute Gasteiger partial charge is 0.255 e. The summed E-state index contributed by atoms with van der Waals surface area (Å²) >= 11 is 0. The van der Waals surface area contributed by atoms with Crippen LogP contribution in [0.25, 0.3) is 0 Å². The number of piperidine rings is 1. The monoisotopic (exact) mass is 531 g/mol. The number of para-hydroxylation sites is 2. The Labute approximate surface area is 227 Å². The average Bonchev–Trinajstić information content (AvgIpc) is 2.81. The third-order valence-corrected chi connectivity index (χ3v) is 8.89. The second kappa shape index (κ2) is 11.2. The Kier molecular flexibility index (Phi) is 8.43. The second-order valence-electron chi connectivity index (χ2n) is 11.6. The Morgan fingerprint density at radius 3 is 2.08 bits per heavy atom. The fourth-order valence-electron chi connectivity index (χ4n) is 7.83. The van der Waals surface area contributed by atoms with E-state index in [-0.39, 0.29) is 36.8 Å². The summed E-state index contributed by atoms with van der Waals surface area (Å²) in [5.41, 5.74) is 8.35. The van der Waals surface area contributed by atoms with Crippen molar-refractivity contribution in [3.05, 3.63) is 54.1 Å². The summed E-state index contributed by atoms with van der Waals surface area (Å²) in [4.78, 5) is 15.3. The number of carbonyl (C=O) groups excluding carboxylic acids is 1. The van der Waals surface area contributed by atoms with E-state index in [4.69, 9.17) is 10.5 Å². The number of halogens is 2. The van der Waals surface area contributed by atoms with Crippen LogP contribution in [0.5, 0.6) is 5.75 Å². The molecule has 2 aromatic rings. The SMILES string of the molecule is Cl.Cl.Nc1ccccc1NC(=O)c1ccc(OC2CCN(CC34CC5CC(CC(C5)C3)C4)CC2)cc1. The first-order valence-electron chi connectivity index (χ1n) is 13.2. The molecule has 0 unspecified atom stereocenters. The molecule has 0 aromatic heterocycles. The Bertz CT molecular complexity index is 1000. The average molecular weight is 533 g/mol. The first-order chi connectivity index (χ1) is 16.5. The molecule has 1 aliphatic heterocycles. The van der Waals surface area contributed by atoms with Crippen LogP contribution in [0.2, 0.25) is 0 Å². The second-order valence-corrected chi connectivity index (χ2v) is 11.6. The lowest BCUT2D eigenvalue weighted by Crippen LogP contribution is -2.52. The molecule has 1 heterocycles. The van der Waals surface area contributed by atoms with Crippen LogP contribution in [0.1, 0.15) is 61.7 Å². The molecule has 1 saturated heterocycles.